The van der Waals surface area contributed by atoms with Gasteiger partial charge in [-0.2, -0.15) is 0 Å². The van der Waals surface area contributed by atoms with E-state index in [2.05, 4.69) is 9.88 Å². The molecule has 1 N–H and O–H groups in total. The van der Waals surface area contributed by atoms with Crippen LogP contribution in [0.2, 0.25) is 0 Å². The van der Waals surface area contributed by atoms with Crippen LogP contribution in [0.1, 0.15) is 26.2 Å². The summed E-state index contributed by atoms with van der Waals surface area (Å²) in [5, 5.41) is 11.8. The minimum Gasteiger partial charge on any atom is -0.390 e. The molecule has 0 amide bonds. The van der Waals surface area contributed by atoms with E-state index in [1.807, 2.05) is 13.0 Å². The second-order valence-corrected chi connectivity index (χ2v) is 7.18. The zero-order chi connectivity index (χ0) is 16.7. The van der Waals surface area contributed by atoms with Gasteiger partial charge in [-0.05, 0) is 44.4 Å². The summed E-state index contributed by atoms with van der Waals surface area (Å²) in [5.41, 5.74) is 1.04. The van der Waals surface area contributed by atoms with Crippen molar-refractivity contribution in [2.45, 2.75) is 37.8 Å². The van der Waals surface area contributed by atoms with E-state index in [-0.39, 0.29) is 17.8 Å². The van der Waals surface area contributed by atoms with E-state index in [0.717, 1.165) is 30.5 Å². The third-order valence-corrected chi connectivity index (χ3v) is 5.60. The topological polar surface area (TPSA) is 45.6 Å². The highest BCUT2D eigenvalue weighted by atomic mass is 19.1. The Morgan fingerprint density at radius 1 is 1.38 bits per heavy atom. The maximum atomic E-state index is 13.5. The number of rotatable bonds is 2. The molecule has 5 heteroatoms. The number of anilines is 1. The van der Waals surface area contributed by atoms with Crippen LogP contribution in [-0.2, 0) is 4.74 Å². The predicted molar refractivity (Wildman–Crippen MR) is 91.6 cm³/mol. The van der Waals surface area contributed by atoms with Crippen molar-refractivity contribution in [3.8, 4) is 0 Å². The monoisotopic (exact) mass is 330 g/mol. The molecule has 0 radical (unpaired) electrons. The van der Waals surface area contributed by atoms with Crippen LogP contribution in [0.3, 0.4) is 0 Å². The third-order valence-electron chi connectivity index (χ3n) is 5.60. The highest BCUT2D eigenvalue weighted by Crippen LogP contribution is 2.39. The van der Waals surface area contributed by atoms with Gasteiger partial charge in [-0.1, -0.05) is 0 Å². The lowest BCUT2D eigenvalue weighted by molar-refractivity contribution is -0.108. The van der Waals surface area contributed by atoms with Crippen LogP contribution in [0.4, 0.5) is 10.1 Å². The Morgan fingerprint density at radius 3 is 3.08 bits per heavy atom. The maximum Gasteiger partial charge on any atom is 0.125 e. The van der Waals surface area contributed by atoms with E-state index >= 15 is 0 Å². The SMILES string of the molecule is C[C@]1(O)CCOC[C@H]1[C@@H]1CCCN1c1ccnc2cc(F)ccc12. The zero-order valence-corrected chi connectivity index (χ0v) is 13.9. The molecule has 3 heterocycles. The lowest BCUT2D eigenvalue weighted by atomic mass is 9.79. The van der Waals surface area contributed by atoms with Crippen molar-refractivity contribution in [3.63, 3.8) is 0 Å². The first-order valence-electron chi connectivity index (χ1n) is 8.67. The summed E-state index contributed by atoms with van der Waals surface area (Å²) < 4.78 is 19.2. The first-order chi connectivity index (χ1) is 11.6. The summed E-state index contributed by atoms with van der Waals surface area (Å²) in [6, 6.07) is 6.99. The van der Waals surface area contributed by atoms with Crippen LogP contribution in [-0.4, -0.2) is 41.5 Å². The number of ether oxygens (including phenoxy) is 1. The molecule has 2 saturated heterocycles. The second kappa shape index (κ2) is 5.97. The standard InChI is InChI=1S/C19H23FN2O2/c1-19(23)7-10-24-12-15(19)18-3-2-9-22(18)17-6-8-21-16-11-13(20)4-5-14(16)17/h4-6,8,11,15,18,23H,2-3,7,9-10,12H2,1H3/t15-,18-,19-/m0/s1. The van der Waals surface area contributed by atoms with Crippen LogP contribution in [0.25, 0.3) is 10.9 Å². The van der Waals surface area contributed by atoms with E-state index in [0.29, 0.717) is 25.2 Å². The molecule has 24 heavy (non-hydrogen) atoms. The number of aromatic nitrogens is 1. The van der Waals surface area contributed by atoms with E-state index in [1.54, 1.807) is 12.3 Å². The second-order valence-electron chi connectivity index (χ2n) is 7.18. The maximum absolute atomic E-state index is 13.5. The Kier molecular flexibility index (Phi) is 3.93. The minimum absolute atomic E-state index is 0.0809. The van der Waals surface area contributed by atoms with Crippen molar-refractivity contribution < 1.29 is 14.2 Å². The van der Waals surface area contributed by atoms with E-state index in [9.17, 15) is 9.50 Å². The summed E-state index contributed by atoms with van der Waals surface area (Å²) in [6.07, 6.45) is 4.53. The Balaban J connectivity index is 1.73. The normalized spacial score (nSPS) is 30.9. The van der Waals surface area contributed by atoms with Crippen LogP contribution in [0.5, 0.6) is 0 Å². The van der Waals surface area contributed by atoms with Gasteiger partial charge in [0, 0.05) is 48.4 Å². The molecular weight excluding hydrogens is 307 g/mol. The summed E-state index contributed by atoms with van der Waals surface area (Å²) in [4.78, 5) is 6.66. The summed E-state index contributed by atoms with van der Waals surface area (Å²) in [5.74, 6) is -0.189. The third kappa shape index (κ3) is 2.66. The fraction of sp³-hybridized carbons (Fsp3) is 0.526. The van der Waals surface area contributed by atoms with Gasteiger partial charge in [0.25, 0.3) is 0 Å². The first kappa shape index (κ1) is 15.8. The molecule has 4 rings (SSSR count). The molecule has 0 aliphatic carbocycles. The van der Waals surface area contributed by atoms with Crippen LogP contribution in [0, 0.1) is 11.7 Å². The zero-order valence-electron chi connectivity index (χ0n) is 13.9. The number of benzene rings is 1. The largest absolute Gasteiger partial charge is 0.390 e. The fourth-order valence-electron chi connectivity index (χ4n) is 4.25. The quantitative estimate of drug-likeness (QED) is 0.919. The minimum atomic E-state index is -0.708. The number of hydrogen-bond donors (Lipinski definition) is 1. The van der Waals surface area contributed by atoms with Gasteiger partial charge in [-0.25, -0.2) is 4.39 Å². The number of aliphatic hydroxyl groups is 1. The van der Waals surface area contributed by atoms with E-state index in [1.165, 1.54) is 12.1 Å². The molecule has 2 fully saturated rings. The van der Waals surface area contributed by atoms with Crippen molar-refractivity contribution >= 4 is 16.6 Å². The Labute approximate surface area is 141 Å². The molecule has 0 unspecified atom stereocenters. The smallest absolute Gasteiger partial charge is 0.125 e. The van der Waals surface area contributed by atoms with Crippen LogP contribution in [0.15, 0.2) is 30.5 Å². The van der Waals surface area contributed by atoms with E-state index < -0.39 is 5.60 Å². The number of pyridine rings is 1. The average Bonchev–Trinajstić information content (AvgIpc) is 3.02. The average molecular weight is 330 g/mol. The molecule has 1 aromatic carbocycles. The lowest BCUT2D eigenvalue weighted by Crippen LogP contribution is -2.52. The molecular formula is C19H23FN2O2. The molecule has 128 valence electrons. The summed E-state index contributed by atoms with van der Waals surface area (Å²) in [7, 11) is 0. The van der Waals surface area contributed by atoms with Crippen molar-refractivity contribution in [1.29, 1.82) is 0 Å². The van der Waals surface area contributed by atoms with Crippen molar-refractivity contribution in [2.75, 3.05) is 24.7 Å². The number of halogens is 1. The van der Waals surface area contributed by atoms with Crippen molar-refractivity contribution in [2.24, 2.45) is 5.92 Å². The van der Waals surface area contributed by atoms with Gasteiger partial charge < -0.3 is 14.7 Å². The molecule has 2 aliphatic rings. The number of nitrogens with zero attached hydrogens (tertiary/aromatic N) is 2. The highest BCUT2D eigenvalue weighted by Gasteiger charge is 2.44. The predicted octanol–water partition coefficient (Wildman–Crippen LogP) is 3.13. The molecule has 2 aliphatic heterocycles. The number of hydrogen-bond acceptors (Lipinski definition) is 4. The highest BCUT2D eigenvalue weighted by molar-refractivity contribution is 5.91. The molecule has 3 atom stereocenters. The van der Waals surface area contributed by atoms with Gasteiger partial charge in [0.15, 0.2) is 0 Å². The van der Waals surface area contributed by atoms with Crippen LogP contribution >= 0.6 is 0 Å². The summed E-state index contributed by atoms with van der Waals surface area (Å²) >= 11 is 0. The molecule has 2 aromatic rings. The van der Waals surface area contributed by atoms with Crippen LogP contribution < -0.4 is 4.90 Å². The molecule has 0 spiro atoms. The van der Waals surface area contributed by atoms with Gasteiger partial charge in [0.1, 0.15) is 5.82 Å². The molecule has 0 saturated carbocycles. The Morgan fingerprint density at radius 2 is 2.25 bits per heavy atom. The van der Waals surface area contributed by atoms with Gasteiger partial charge in [-0.15, -0.1) is 0 Å². The molecule has 0 bridgehead atoms. The van der Waals surface area contributed by atoms with Gasteiger partial charge in [0.05, 0.1) is 17.7 Å². The van der Waals surface area contributed by atoms with Crippen molar-refractivity contribution in [3.05, 3.63) is 36.3 Å². The Hall–Kier alpha value is -1.72. The lowest BCUT2D eigenvalue weighted by Gasteiger charge is -2.44. The Bertz CT molecular complexity index is 749. The molecule has 4 nitrogen and oxygen atoms in total. The van der Waals surface area contributed by atoms with Gasteiger partial charge in [0.2, 0.25) is 0 Å². The van der Waals surface area contributed by atoms with Gasteiger partial charge >= 0.3 is 0 Å². The molecule has 1 aromatic heterocycles. The van der Waals surface area contributed by atoms with Gasteiger partial charge in [-0.3, -0.25) is 4.98 Å². The fourth-order valence-corrected chi connectivity index (χ4v) is 4.25. The van der Waals surface area contributed by atoms with Crippen molar-refractivity contribution in [1.82, 2.24) is 4.98 Å². The first-order valence-corrected chi connectivity index (χ1v) is 8.67. The summed E-state index contributed by atoms with van der Waals surface area (Å²) in [6.45, 7) is 4.07. The number of fused-ring (bicyclic) bond motifs is 1. The van der Waals surface area contributed by atoms with E-state index in [4.69, 9.17) is 4.74 Å².